The first-order valence-electron chi connectivity index (χ1n) is 5.03. The molecule has 0 spiro atoms. The van der Waals surface area contributed by atoms with E-state index in [0.717, 1.165) is 4.88 Å². The summed E-state index contributed by atoms with van der Waals surface area (Å²) < 4.78 is 0. The SMILES string of the molecule is CNc1nnc(C(=O)NCc2sccc2C)s1. The fourth-order valence-corrected chi connectivity index (χ4v) is 2.70. The Morgan fingerprint density at radius 1 is 1.47 bits per heavy atom. The zero-order chi connectivity index (χ0) is 12.3. The highest BCUT2D eigenvalue weighted by atomic mass is 32.1. The van der Waals surface area contributed by atoms with Crippen LogP contribution in [-0.2, 0) is 6.54 Å². The van der Waals surface area contributed by atoms with Gasteiger partial charge < -0.3 is 10.6 Å². The molecule has 1 amide bonds. The number of nitrogens with one attached hydrogen (secondary N) is 2. The van der Waals surface area contributed by atoms with Crippen LogP contribution >= 0.6 is 22.7 Å². The predicted molar refractivity (Wildman–Crippen MR) is 69.7 cm³/mol. The first-order chi connectivity index (χ1) is 8.20. The second kappa shape index (κ2) is 5.24. The van der Waals surface area contributed by atoms with Crippen molar-refractivity contribution in [3.05, 3.63) is 26.9 Å². The van der Waals surface area contributed by atoms with Gasteiger partial charge in [0.1, 0.15) is 0 Å². The van der Waals surface area contributed by atoms with Crippen molar-refractivity contribution >= 4 is 33.7 Å². The molecule has 0 atom stereocenters. The maximum Gasteiger partial charge on any atom is 0.282 e. The predicted octanol–water partition coefficient (Wildman–Crippen LogP) is 1.88. The van der Waals surface area contributed by atoms with Crippen molar-refractivity contribution in [2.45, 2.75) is 13.5 Å². The smallest absolute Gasteiger partial charge is 0.282 e. The monoisotopic (exact) mass is 268 g/mol. The lowest BCUT2D eigenvalue weighted by Crippen LogP contribution is -2.22. The van der Waals surface area contributed by atoms with Crippen molar-refractivity contribution < 1.29 is 4.79 Å². The first-order valence-corrected chi connectivity index (χ1v) is 6.72. The van der Waals surface area contributed by atoms with E-state index in [2.05, 4.69) is 20.8 Å². The van der Waals surface area contributed by atoms with Gasteiger partial charge in [-0.05, 0) is 23.9 Å². The molecule has 2 rings (SSSR count). The van der Waals surface area contributed by atoms with Crippen LogP contribution in [0.5, 0.6) is 0 Å². The van der Waals surface area contributed by atoms with Crippen molar-refractivity contribution in [3.63, 3.8) is 0 Å². The largest absolute Gasteiger partial charge is 0.363 e. The van der Waals surface area contributed by atoms with Gasteiger partial charge in [0, 0.05) is 11.9 Å². The maximum atomic E-state index is 11.8. The minimum absolute atomic E-state index is 0.184. The van der Waals surface area contributed by atoms with Crippen molar-refractivity contribution in [3.8, 4) is 0 Å². The van der Waals surface area contributed by atoms with E-state index < -0.39 is 0 Å². The van der Waals surface area contributed by atoms with Gasteiger partial charge in [0.15, 0.2) is 0 Å². The molecule has 0 saturated heterocycles. The van der Waals surface area contributed by atoms with Crippen LogP contribution in [0.2, 0.25) is 0 Å². The zero-order valence-electron chi connectivity index (χ0n) is 9.48. The molecule has 2 N–H and O–H groups in total. The average Bonchev–Trinajstić information content (AvgIpc) is 2.94. The summed E-state index contributed by atoms with van der Waals surface area (Å²) in [6.07, 6.45) is 0. The highest BCUT2D eigenvalue weighted by Crippen LogP contribution is 2.16. The highest BCUT2D eigenvalue weighted by Gasteiger charge is 2.12. The second-order valence-corrected chi connectivity index (χ2v) is 5.35. The van der Waals surface area contributed by atoms with Gasteiger partial charge in [-0.1, -0.05) is 11.3 Å². The number of carbonyl (C=O) groups excluding carboxylic acids is 1. The summed E-state index contributed by atoms with van der Waals surface area (Å²) in [6, 6.07) is 2.04. The summed E-state index contributed by atoms with van der Waals surface area (Å²) in [5.41, 5.74) is 1.20. The molecule has 2 heterocycles. The van der Waals surface area contributed by atoms with Crippen molar-refractivity contribution in [1.29, 1.82) is 0 Å². The molecule has 2 aromatic heterocycles. The minimum atomic E-state index is -0.184. The van der Waals surface area contributed by atoms with E-state index in [1.807, 2.05) is 18.4 Å². The molecule has 5 nitrogen and oxygen atoms in total. The molecule has 0 fully saturated rings. The first kappa shape index (κ1) is 12.0. The highest BCUT2D eigenvalue weighted by molar-refractivity contribution is 7.17. The Labute approximate surface area is 107 Å². The Balaban J connectivity index is 1.95. The van der Waals surface area contributed by atoms with Crippen molar-refractivity contribution in [2.24, 2.45) is 0 Å². The summed E-state index contributed by atoms with van der Waals surface area (Å²) in [5.74, 6) is -0.184. The number of aromatic nitrogens is 2. The summed E-state index contributed by atoms with van der Waals surface area (Å²) in [4.78, 5) is 12.9. The summed E-state index contributed by atoms with van der Waals surface area (Å²) in [6.45, 7) is 2.57. The molecular weight excluding hydrogens is 256 g/mol. The Hall–Kier alpha value is -1.47. The third kappa shape index (κ3) is 2.80. The number of aryl methyl sites for hydroxylation is 1. The van der Waals surface area contributed by atoms with E-state index in [1.54, 1.807) is 18.4 Å². The summed E-state index contributed by atoms with van der Waals surface area (Å²) in [5, 5.41) is 16.3. The number of hydrogen-bond acceptors (Lipinski definition) is 6. The maximum absolute atomic E-state index is 11.8. The molecule has 0 bridgehead atoms. The summed E-state index contributed by atoms with van der Waals surface area (Å²) in [7, 11) is 1.75. The number of anilines is 1. The van der Waals surface area contributed by atoms with E-state index in [-0.39, 0.29) is 5.91 Å². The van der Waals surface area contributed by atoms with E-state index in [0.29, 0.717) is 16.7 Å². The Morgan fingerprint density at radius 2 is 2.29 bits per heavy atom. The molecule has 0 aliphatic rings. The molecule has 0 saturated carbocycles. The van der Waals surface area contributed by atoms with Gasteiger partial charge in [0.2, 0.25) is 10.1 Å². The van der Waals surface area contributed by atoms with E-state index in [9.17, 15) is 4.79 Å². The Morgan fingerprint density at radius 3 is 2.88 bits per heavy atom. The molecule has 0 unspecified atom stereocenters. The van der Waals surface area contributed by atoms with Crippen LogP contribution in [0.15, 0.2) is 11.4 Å². The number of rotatable bonds is 4. The Kier molecular flexibility index (Phi) is 3.70. The normalized spacial score (nSPS) is 10.2. The lowest BCUT2D eigenvalue weighted by Gasteiger charge is -2.01. The van der Waals surface area contributed by atoms with Crippen LogP contribution in [0, 0.1) is 6.92 Å². The standard InChI is InChI=1S/C10H12N4OS2/c1-6-3-4-16-7(6)5-12-8(15)9-13-14-10(11-2)17-9/h3-4H,5H2,1-2H3,(H,11,14)(H,12,15). The van der Waals surface area contributed by atoms with Crippen LogP contribution in [0.3, 0.4) is 0 Å². The van der Waals surface area contributed by atoms with Gasteiger partial charge in [-0.25, -0.2) is 0 Å². The lowest BCUT2D eigenvalue weighted by molar-refractivity contribution is 0.0950. The third-order valence-electron chi connectivity index (χ3n) is 2.21. The van der Waals surface area contributed by atoms with Crippen LogP contribution < -0.4 is 10.6 Å². The van der Waals surface area contributed by atoms with Crippen molar-refractivity contribution in [1.82, 2.24) is 15.5 Å². The minimum Gasteiger partial charge on any atom is -0.363 e. The van der Waals surface area contributed by atoms with Crippen LogP contribution in [0.4, 0.5) is 5.13 Å². The van der Waals surface area contributed by atoms with Crippen LogP contribution in [-0.4, -0.2) is 23.2 Å². The lowest BCUT2D eigenvalue weighted by atomic mass is 10.3. The third-order valence-corrected chi connectivity index (χ3v) is 4.17. The van der Waals surface area contributed by atoms with E-state index >= 15 is 0 Å². The molecule has 17 heavy (non-hydrogen) atoms. The van der Waals surface area contributed by atoms with E-state index in [4.69, 9.17) is 0 Å². The summed E-state index contributed by atoms with van der Waals surface area (Å²) >= 11 is 2.88. The number of carbonyl (C=O) groups is 1. The second-order valence-electron chi connectivity index (χ2n) is 3.37. The molecular formula is C10H12N4OS2. The fourth-order valence-electron chi connectivity index (χ4n) is 1.24. The van der Waals surface area contributed by atoms with Crippen LogP contribution in [0.25, 0.3) is 0 Å². The molecule has 7 heteroatoms. The topological polar surface area (TPSA) is 66.9 Å². The van der Waals surface area contributed by atoms with Gasteiger partial charge in [-0.15, -0.1) is 21.5 Å². The number of thiophene rings is 1. The number of amides is 1. The van der Waals surface area contributed by atoms with Gasteiger partial charge in [0.05, 0.1) is 6.54 Å². The molecule has 90 valence electrons. The number of hydrogen-bond donors (Lipinski definition) is 2. The quantitative estimate of drug-likeness (QED) is 0.888. The molecule has 2 aromatic rings. The van der Waals surface area contributed by atoms with Crippen LogP contribution in [0.1, 0.15) is 20.2 Å². The molecule has 0 radical (unpaired) electrons. The average molecular weight is 268 g/mol. The van der Waals surface area contributed by atoms with E-state index in [1.165, 1.54) is 16.9 Å². The molecule has 0 aromatic carbocycles. The molecule has 0 aliphatic heterocycles. The zero-order valence-corrected chi connectivity index (χ0v) is 11.1. The van der Waals surface area contributed by atoms with Gasteiger partial charge in [-0.2, -0.15) is 0 Å². The fraction of sp³-hybridized carbons (Fsp3) is 0.300. The number of nitrogens with zero attached hydrogens (tertiary/aromatic N) is 2. The van der Waals surface area contributed by atoms with Gasteiger partial charge in [0.25, 0.3) is 5.91 Å². The molecule has 0 aliphatic carbocycles. The Bertz CT molecular complexity index is 520. The van der Waals surface area contributed by atoms with Gasteiger partial charge >= 0.3 is 0 Å². The van der Waals surface area contributed by atoms with Gasteiger partial charge in [-0.3, -0.25) is 4.79 Å². The van der Waals surface area contributed by atoms with Crippen molar-refractivity contribution in [2.75, 3.05) is 12.4 Å².